The molecule has 2 rings (SSSR count). The number of fused-ring (bicyclic) bond motifs is 1. The molecule has 1 N–H and O–H groups in total. The van der Waals surface area contributed by atoms with Crippen molar-refractivity contribution in [3.05, 3.63) is 17.5 Å². The number of ether oxygens (including phenoxy) is 1. The fraction of sp³-hybridized carbons (Fsp3) is 0.125. The highest BCUT2D eigenvalue weighted by Gasteiger charge is 2.03. The molecule has 0 fully saturated rings. The summed E-state index contributed by atoms with van der Waals surface area (Å²) in [7, 11) is 0. The van der Waals surface area contributed by atoms with E-state index in [-0.39, 0.29) is 5.97 Å². The molecule has 2 heterocycles. The smallest absolute Gasteiger partial charge is 0.309 e. The zero-order chi connectivity index (χ0) is 8.55. The van der Waals surface area contributed by atoms with E-state index < -0.39 is 0 Å². The predicted octanol–water partition coefficient (Wildman–Crippen LogP) is 2.15. The molecule has 0 saturated heterocycles. The number of thiophene rings is 1. The molecule has 0 atom stereocenters. The van der Waals surface area contributed by atoms with Gasteiger partial charge in [0.25, 0.3) is 0 Å². The van der Waals surface area contributed by atoms with Crippen LogP contribution in [0.4, 0.5) is 0 Å². The molecule has 0 unspecified atom stereocenters. The number of hydrogen-bond donors (Lipinski definition) is 1. The molecule has 2 aromatic heterocycles. The second-order valence-corrected chi connectivity index (χ2v) is 3.35. The van der Waals surface area contributed by atoms with Gasteiger partial charge in [-0.05, 0) is 11.4 Å². The fourth-order valence-electron chi connectivity index (χ4n) is 1.03. The summed E-state index contributed by atoms with van der Waals surface area (Å²) in [5.74, 6) is 0.216. The molecule has 2 aromatic rings. The van der Waals surface area contributed by atoms with E-state index in [1.807, 2.05) is 17.5 Å². The Hall–Kier alpha value is -1.29. The number of aromatic nitrogens is 1. The molecular formula is C8H7NO2S. The first-order valence-corrected chi connectivity index (χ1v) is 4.38. The highest BCUT2D eigenvalue weighted by molar-refractivity contribution is 7.16. The first-order valence-electron chi connectivity index (χ1n) is 3.50. The maximum atomic E-state index is 10.6. The molecule has 0 aliphatic carbocycles. The van der Waals surface area contributed by atoms with Gasteiger partial charge in [-0.1, -0.05) is 0 Å². The van der Waals surface area contributed by atoms with Crippen LogP contribution in [0.3, 0.4) is 0 Å². The molecule has 0 aliphatic heterocycles. The van der Waals surface area contributed by atoms with Crippen LogP contribution >= 0.6 is 11.3 Å². The van der Waals surface area contributed by atoms with Crippen LogP contribution in [0.25, 0.3) is 10.2 Å². The zero-order valence-electron chi connectivity index (χ0n) is 6.46. The Balaban J connectivity index is 2.38. The van der Waals surface area contributed by atoms with Crippen LogP contribution in [0, 0.1) is 0 Å². The van der Waals surface area contributed by atoms with E-state index in [9.17, 15) is 4.79 Å². The van der Waals surface area contributed by atoms with E-state index in [1.165, 1.54) is 6.92 Å². The molecule has 0 spiro atoms. The minimum Gasteiger partial charge on any atom is -0.410 e. The van der Waals surface area contributed by atoms with Crippen LogP contribution in [0.2, 0.25) is 0 Å². The van der Waals surface area contributed by atoms with Gasteiger partial charge in [0.15, 0.2) is 0 Å². The molecule has 0 amide bonds. The molecule has 0 aliphatic rings. The summed E-state index contributed by atoms with van der Waals surface area (Å²) in [6.07, 6.45) is 0. The number of H-pyrrole nitrogens is 1. The van der Waals surface area contributed by atoms with E-state index in [0.29, 0.717) is 5.88 Å². The summed E-state index contributed by atoms with van der Waals surface area (Å²) in [5.41, 5.74) is 0. The lowest BCUT2D eigenvalue weighted by molar-refractivity contribution is -0.132. The fourth-order valence-corrected chi connectivity index (χ4v) is 1.81. The summed E-state index contributed by atoms with van der Waals surface area (Å²) in [4.78, 5) is 14.6. The summed E-state index contributed by atoms with van der Waals surface area (Å²) >= 11 is 1.59. The van der Waals surface area contributed by atoms with Crippen molar-refractivity contribution in [1.82, 2.24) is 4.98 Å². The third-order valence-corrected chi connectivity index (χ3v) is 2.32. The molecular weight excluding hydrogens is 174 g/mol. The highest BCUT2D eigenvalue weighted by Crippen LogP contribution is 2.24. The number of carbonyl (C=O) groups excluding carboxylic acids is 1. The van der Waals surface area contributed by atoms with Gasteiger partial charge in [0.1, 0.15) is 4.83 Å². The Labute approximate surface area is 73.0 Å². The van der Waals surface area contributed by atoms with Crippen molar-refractivity contribution >= 4 is 27.5 Å². The van der Waals surface area contributed by atoms with Gasteiger partial charge in [-0.3, -0.25) is 4.79 Å². The molecule has 0 saturated carbocycles. The number of hydrogen-bond acceptors (Lipinski definition) is 3. The van der Waals surface area contributed by atoms with Gasteiger partial charge in [0, 0.05) is 18.4 Å². The van der Waals surface area contributed by atoms with Gasteiger partial charge in [0.2, 0.25) is 5.88 Å². The van der Waals surface area contributed by atoms with Crippen LogP contribution in [0.5, 0.6) is 5.88 Å². The predicted molar refractivity (Wildman–Crippen MR) is 47.5 cm³/mol. The van der Waals surface area contributed by atoms with Crippen LogP contribution in [0.1, 0.15) is 6.92 Å². The van der Waals surface area contributed by atoms with Gasteiger partial charge in [-0.2, -0.15) is 0 Å². The molecule has 4 heteroatoms. The quantitative estimate of drug-likeness (QED) is 0.685. The lowest BCUT2D eigenvalue weighted by Crippen LogP contribution is -2.00. The monoisotopic (exact) mass is 181 g/mol. The molecule has 0 radical (unpaired) electrons. The van der Waals surface area contributed by atoms with Crippen molar-refractivity contribution in [3.63, 3.8) is 0 Å². The van der Waals surface area contributed by atoms with Crippen molar-refractivity contribution in [2.75, 3.05) is 0 Å². The van der Waals surface area contributed by atoms with E-state index in [1.54, 1.807) is 11.3 Å². The second-order valence-electron chi connectivity index (χ2n) is 2.43. The normalized spacial score (nSPS) is 10.4. The van der Waals surface area contributed by atoms with Crippen molar-refractivity contribution in [2.24, 2.45) is 0 Å². The van der Waals surface area contributed by atoms with Gasteiger partial charge in [0.05, 0.1) is 0 Å². The Morgan fingerprint density at radius 1 is 1.67 bits per heavy atom. The number of nitrogens with one attached hydrogen (secondary N) is 1. The summed E-state index contributed by atoms with van der Waals surface area (Å²) < 4.78 is 4.87. The Kier molecular flexibility index (Phi) is 1.62. The van der Waals surface area contributed by atoms with E-state index in [0.717, 1.165) is 10.2 Å². The summed E-state index contributed by atoms with van der Waals surface area (Å²) in [6, 6.07) is 3.79. The van der Waals surface area contributed by atoms with Gasteiger partial charge in [-0.15, -0.1) is 11.3 Å². The van der Waals surface area contributed by atoms with Crippen molar-refractivity contribution in [2.45, 2.75) is 6.92 Å². The van der Waals surface area contributed by atoms with Gasteiger partial charge in [-0.25, -0.2) is 0 Å². The molecule has 3 nitrogen and oxygen atoms in total. The summed E-state index contributed by atoms with van der Waals surface area (Å²) in [6.45, 7) is 1.38. The Bertz CT molecular complexity index is 387. The van der Waals surface area contributed by atoms with Gasteiger partial charge < -0.3 is 9.72 Å². The lowest BCUT2D eigenvalue weighted by Gasteiger charge is -1.93. The Morgan fingerprint density at radius 2 is 2.50 bits per heavy atom. The second kappa shape index (κ2) is 2.64. The number of aromatic amines is 1. The van der Waals surface area contributed by atoms with Crippen LogP contribution in [0.15, 0.2) is 17.5 Å². The molecule has 62 valence electrons. The van der Waals surface area contributed by atoms with Gasteiger partial charge >= 0.3 is 5.97 Å². The zero-order valence-corrected chi connectivity index (χ0v) is 7.27. The average molecular weight is 181 g/mol. The number of rotatable bonds is 1. The number of carbonyl (C=O) groups is 1. The van der Waals surface area contributed by atoms with E-state index >= 15 is 0 Å². The minimum atomic E-state index is -0.302. The molecule has 0 bridgehead atoms. The average Bonchev–Trinajstić information content (AvgIpc) is 2.43. The maximum Gasteiger partial charge on any atom is 0.309 e. The number of esters is 1. The topological polar surface area (TPSA) is 42.1 Å². The SMILES string of the molecule is CC(=O)Oc1cc2ccsc2[nH]1. The highest BCUT2D eigenvalue weighted by atomic mass is 32.1. The minimum absolute atomic E-state index is 0.302. The van der Waals surface area contributed by atoms with Crippen molar-refractivity contribution in [3.8, 4) is 5.88 Å². The first kappa shape index (κ1) is 7.36. The maximum absolute atomic E-state index is 10.6. The summed E-state index contributed by atoms with van der Waals surface area (Å²) in [5, 5.41) is 3.06. The van der Waals surface area contributed by atoms with Crippen molar-refractivity contribution in [1.29, 1.82) is 0 Å². The molecule has 0 aromatic carbocycles. The van der Waals surface area contributed by atoms with Crippen LogP contribution in [-0.4, -0.2) is 11.0 Å². The standard InChI is InChI=1S/C8H7NO2S/c1-5(10)11-7-4-6-2-3-12-8(6)9-7/h2-4,9H,1H3. The van der Waals surface area contributed by atoms with Crippen LogP contribution < -0.4 is 4.74 Å². The van der Waals surface area contributed by atoms with Crippen molar-refractivity contribution < 1.29 is 9.53 Å². The molecule has 12 heavy (non-hydrogen) atoms. The Morgan fingerprint density at radius 3 is 3.17 bits per heavy atom. The van der Waals surface area contributed by atoms with E-state index in [4.69, 9.17) is 4.74 Å². The van der Waals surface area contributed by atoms with Crippen LogP contribution in [-0.2, 0) is 4.79 Å². The van der Waals surface area contributed by atoms with E-state index in [2.05, 4.69) is 4.98 Å². The first-order chi connectivity index (χ1) is 5.75. The third kappa shape index (κ3) is 1.21. The third-order valence-electron chi connectivity index (χ3n) is 1.47. The largest absolute Gasteiger partial charge is 0.410 e. The lowest BCUT2D eigenvalue weighted by atomic mass is 10.4.